The minimum atomic E-state index is 0.608. The summed E-state index contributed by atoms with van der Waals surface area (Å²) in [5, 5.41) is 6.32. The van der Waals surface area contributed by atoms with Crippen LogP contribution in [0.25, 0.3) is 5.82 Å². The van der Waals surface area contributed by atoms with Gasteiger partial charge in [0.1, 0.15) is 5.82 Å². The first-order chi connectivity index (χ1) is 12.1. The number of piperazine rings is 1. The quantitative estimate of drug-likeness (QED) is 0.818. The zero-order valence-electron chi connectivity index (χ0n) is 14.9. The lowest BCUT2D eigenvalue weighted by Gasteiger charge is -2.36. The van der Waals surface area contributed by atoms with Gasteiger partial charge in [-0.3, -0.25) is 9.98 Å². The third kappa shape index (κ3) is 3.35. The molecule has 4 rings (SSSR count). The second-order valence-corrected chi connectivity index (χ2v) is 8.01. The summed E-state index contributed by atoms with van der Waals surface area (Å²) in [5.41, 5.74) is 2.06. The monoisotopic (exact) mass is 357 g/mol. The van der Waals surface area contributed by atoms with Gasteiger partial charge in [-0.2, -0.15) is 5.10 Å². The number of aryl methyl sites for hydroxylation is 2. The van der Waals surface area contributed by atoms with E-state index < -0.39 is 0 Å². The van der Waals surface area contributed by atoms with Crippen LogP contribution in [-0.4, -0.2) is 67.8 Å². The first kappa shape index (κ1) is 16.4. The van der Waals surface area contributed by atoms with E-state index in [9.17, 15) is 0 Å². The van der Waals surface area contributed by atoms with Crippen molar-refractivity contribution in [2.75, 3.05) is 37.6 Å². The molecule has 1 saturated heterocycles. The number of aliphatic imine (C=N–C) groups is 1. The minimum absolute atomic E-state index is 0.608. The number of hydrogen-bond donors (Lipinski definition) is 0. The van der Waals surface area contributed by atoms with E-state index in [4.69, 9.17) is 4.98 Å². The van der Waals surface area contributed by atoms with Gasteiger partial charge < -0.3 is 9.80 Å². The lowest BCUT2D eigenvalue weighted by Crippen LogP contribution is -2.48. The summed E-state index contributed by atoms with van der Waals surface area (Å²) in [7, 11) is 0. The fourth-order valence-electron chi connectivity index (χ4n) is 3.22. The molecular formula is C17H23N7S. The molecule has 0 saturated carbocycles. The van der Waals surface area contributed by atoms with Gasteiger partial charge >= 0.3 is 0 Å². The van der Waals surface area contributed by atoms with Gasteiger partial charge in [0, 0.05) is 37.1 Å². The Balaban J connectivity index is 1.47. The molecular weight excluding hydrogens is 334 g/mol. The van der Waals surface area contributed by atoms with Crippen molar-refractivity contribution in [1.82, 2.24) is 24.6 Å². The standard InChI is InChI=1S/C17H23N7S/c1-12-8-13(2)24(21-12)16-11-18-10-15(20-16)22-4-6-23(7-5-22)17-19-9-14(3)25-17/h8,10-11,14H,4-7,9H2,1-3H3. The number of aromatic nitrogens is 4. The van der Waals surface area contributed by atoms with Gasteiger partial charge in [0.25, 0.3) is 0 Å². The molecule has 0 radical (unpaired) electrons. The smallest absolute Gasteiger partial charge is 0.174 e. The van der Waals surface area contributed by atoms with Crippen molar-refractivity contribution in [1.29, 1.82) is 0 Å². The van der Waals surface area contributed by atoms with E-state index >= 15 is 0 Å². The molecule has 1 atom stereocenters. The van der Waals surface area contributed by atoms with E-state index in [2.05, 4.69) is 31.8 Å². The molecule has 0 bridgehead atoms. The van der Waals surface area contributed by atoms with Crippen LogP contribution in [0.5, 0.6) is 0 Å². The first-order valence-corrected chi connectivity index (χ1v) is 9.55. The van der Waals surface area contributed by atoms with Crippen molar-refractivity contribution in [3.63, 3.8) is 0 Å². The molecule has 2 aromatic heterocycles. The van der Waals surface area contributed by atoms with Crippen molar-refractivity contribution in [2.24, 2.45) is 4.99 Å². The molecule has 4 heterocycles. The first-order valence-electron chi connectivity index (χ1n) is 8.67. The third-order valence-corrected chi connectivity index (χ3v) is 5.65. The fourth-order valence-corrected chi connectivity index (χ4v) is 4.21. The van der Waals surface area contributed by atoms with Crippen LogP contribution in [-0.2, 0) is 0 Å². The molecule has 2 aromatic rings. The van der Waals surface area contributed by atoms with Crippen LogP contribution in [0, 0.1) is 13.8 Å². The SMILES string of the molecule is Cc1cc(C)n(-c2cncc(N3CCN(C4=NCC(C)S4)CC3)n2)n1. The second-order valence-electron chi connectivity index (χ2n) is 6.60. The van der Waals surface area contributed by atoms with Gasteiger partial charge in [0.15, 0.2) is 11.0 Å². The highest BCUT2D eigenvalue weighted by atomic mass is 32.2. The number of anilines is 1. The zero-order chi connectivity index (χ0) is 17.4. The predicted molar refractivity (Wildman–Crippen MR) is 102 cm³/mol. The summed E-state index contributed by atoms with van der Waals surface area (Å²) in [5.74, 6) is 1.69. The number of thioether (sulfide) groups is 1. The van der Waals surface area contributed by atoms with E-state index in [1.165, 1.54) is 5.17 Å². The molecule has 0 amide bonds. The lowest BCUT2D eigenvalue weighted by molar-refractivity contribution is 0.390. The maximum Gasteiger partial charge on any atom is 0.174 e. The Morgan fingerprint density at radius 2 is 1.76 bits per heavy atom. The molecule has 1 unspecified atom stereocenters. The summed E-state index contributed by atoms with van der Waals surface area (Å²) in [4.78, 5) is 18.5. The van der Waals surface area contributed by atoms with E-state index in [1.807, 2.05) is 42.6 Å². The Morgan fingerprint density at radius 3 is 2.40 bits per heavy atom. The molecule has 0 N–H and O–H groups in total. The van der Waals surface area contributed by atoms with Gasteiger partial charge in [-0.25, -0.2) is 9.67 Å². The van der Waals surface area contributed by atoms with E-state index in [-0.39, 0.29) is 0 Å². The third-order valence-electron chi connectivity index (χ3n) is 4.50. The summed E-state index contributed by atoms with van der Waals surface area (Å²) >= 11 is 1.89. The van der Waals surface area contributed by atoms with Crippen molar-refractivity contribution in [3.05, 3.63) is 29.8 Å². The van der Waals surface area contributed by atoms with Gasteiger partial charge in [-0.05, 0) is 19.9 Å². The molecule has 2 aliphatic heterocycles. The summed E-state index contributed by atoms with van der Waals surface area (Å²) in [6.07, 6.45) is 3.61. The van der Waals surface area contributed by atoms with Crippen molar-refractivity contribution >= 4 is 22.7 Å². The van der Waals surface area contributed by atoms with Crippen LogP contribution in [0.2, 0.25) is 0 Å². The van der Waals surface area contributed by atoms with Crippen molar-refractivity contribution in [3.8, 4) is 5.82 Å². The Morgan fingerprint density at radius 1 is 1.04 bits per heavy atom. The van der Waals surface area contributed by atoms with Crippen LogP contribution < -0.4 is 4.90 Å². The number of nitrogens with zero attached hydrogens (tertiary/aromatic N) is 7. The largest absolute Gasteiger partial charge is 0.352 e. The summed E-state index contributed by atoms with van der Waals surface area (Å²) in [6.45, 7) is 11.0. The van der Waals surface area contributed by atoms with Gasteiger partial charge in [0.2, 0.25) is 0 Å². The van der Waals surface area contributed by atoms with Crippen molar-refractivity contribution < 1.29 is 0 Å². The topological polar surface area (TPSA) is 62.4 Å². The predicted octanol–water partition coefficient (Wildman–Crippen LogP) is 1.89. The highest BCUT2D eigenvalue weighted by molar-refractivity contribution is 8.14. The Hall–Kier alpha value is -2.09. The molecule has 132 valence electrons. The Bertz CT molecular complexity index is 792. The van der Waals surface area contributed by atoms with Crippen LogP contribution in [0.15, 0.2) is 23.5 Å². The van der Waals surface area contributed by atoms with Crippen LogP contribution in [0.1, 0.15) is 18.3 Å². The maximum atomic E-state index is 4.79. The number of amidine groups is 1. The minimum Gasteiger partial charge on any atom is -0.352 e. The van der Waals surface area contributed by atoms with Gasteiger partial charge in [0.05, 0.1) is 24.6 Å². The number of rotatable bonds is 2. The van der Waals surface area contributed by atoms with Crippen molar-refractivity contribution in [2.45, 2.75) is 26.0 Å². The van der Waals surface area contributed by atoms with Crippen LogP contribution in [0.3, 0.4) is 0 Å². The van der Waals surface area contributed by atoms with Gasteiger partial charge in [-0.15, -0.1) is 0 Å². The van der Waals surface area contributed by atoms with E-state index in [1.54, 1.807) is 6.20 Å². The highest BCUT2D eigenvalue weighted by Crippen LogP contribution is 2.24. The average molecular weight is 357 g/mol. The van der Waals surface area contributed by atoms with Gasteiger partial charge in [-0.1, -0.05) is 18.7 Å². The summed E-state index contributed by atoms with van der Waals surface area (Å²) in [6, 6.07) is 2.05. The molecule has 0 spiro atoms. The summed E-state index contributed by atoms with van der Waals surface area (Å²) < 4.78 is 1.85. The number of hydrogen-bond acceptors (Lipinski definition) is 7. The molecule has 7 nitrogen and oxygen atoms in total. The average Bonchev–Trinajstić information content (AvgIpc) is 3.20. The fraction of sp³-hybridized carbons (Fsp3) is 0.529. The molecule has 8 heteroatoms. The van der Waals surface area contributed by atoms with Crippen LogP contribution in [0.4, 0.5) is 5.82 Å². The van der Waals surface area contributed by atoms with E-state index in [0.29, 0.717) is 5.25 Å². The molecule has 0 aliphatic carbocycles. The highest BCUT2D eigenvalue weighted by Gasteiger charge is 2.25. The Kier molecular flexibility index (Phi) is 4.37. The molecule has 2 aliphatic rings. The molecule has 0 aromatic carbocycles. The normalized spacial score (nSPS) is 20.9. The van der Waals surface area contributed by atoms with Crippen LogP contribution >= 0.6 is 11.8 Å². The van der Waals surface area contributed by atoms with E-state index in [0.717, 1.165) is 55.7 Å². The Labute approximate surface area is 152 Å². The molecule has 25 heavy (non-hydrogen) atoms. The lowest BCUT2D eigenvalue weighted by atomic mass is 10.3. The molecule has 1 fully saturated rings. The zero-order valence-corrected chi connectivity index (χ0v) is 15.7. The maximum absolute atomic E-state index is 4.79. The second kappa shape index (κ2) is 6.67.